The van der Waals surface area contributed by atoms with E-state index in [2.05, 4.69) is 10.2 Å². The summed E-state index contributed by atoms with van der Waals surface area (Å²) in [7, 11) is -3.18. The van der Waals surface area contributed by atoms with Crippen molar-refractivity contribution in [1.29, 1.82) is 0 Å². The molecule has 2 aliphatic rings. The molecule has 21 heavy (non-hydrogen) atoms. The fourth-order valence-electron chi connectivity index (χ4n) is 2.74. The number of hydrogen-bond donors (Lipinski definition) is 2. The second-order valence-electron chi connectivity index (χ2n) is 5.53. The highest BCUT2D eigenvalue weighted by Gasteiger charge is 2.38. The predicted octanol–water partition coefficient (Wildman–Crippen LogP) is -0.367. The van der Waals surface area contributed by atoms with E-state index in [-0.39, 0.29) is 11.5 Å². The number of aliphatic hydroxyl groups excluding tert-OH is 1. The van der Waals surface area contributed by atoms with Crippen LogP contribution in [0.5, 0.6) is 5.75 Å². The molecule has 1 aromatic rings. The Labute approximate surface area is 124 Å². The van der Waals surface area contributed by atoms with Crippen LogP contribution in [0, 0.1) is 0 Å². The number of sulfone groups is 1. The first-order valence-corrected chi connectivity index (χ1v) is 8.96. The number of nitrogens with one attached hydrogen (secondary N) is 1. The summed E-state index contributed by atoms with van der Waals surface area (Å²) >= 11 is 0. The number of nitrogens with zero attached hydrogens (tertiary/aromatic N) is 1. The lowest BCUT2D eigenvalue weighted by atomic mass is 10.2. The fraction of sp³-hybridized carbons (Fsp3) is 0.571. The van der Waals surface area contributed by atoms with Gasteiger partial charge in [-0.25, -0.2) is 8.42 Å². The lowest BCUT2D eigenvalue weighted by Crippen LogP contribution is -2.43. The van der Waals surface area contributed by atoms with Crippen LogP contribution in [-0.2, 0) is 9.84 Å². The van der Waals surface area contributed by atoms with Crippen molar-refractivity contribution in [2.45, 2.75) is 12.2 Å². The number of anilines is 1. The molecule has 116 valence electrons. The van der Waals surface area contributed by atoms with Crippen LogP contribution in [0.1, 0.15) is 0 Å². The van der Waals surface area contributed by atoms with Gasteiger partial charge >= 0.3 is 0 Å². The van der Waals surface area contributed by atoms with Crippen LogP contribution in [0.2, 0.25) is 0 Å². The van der Waals surface area contributed by atoms with Crippen molar-refractivity contribution in [2.75, 3.05) is 42.6 Å². The quantitative estimate of drug-likeness (QED) is 0.793. The van der Waals surface area contributed by atoms with Crippen molar-refractivity contribution in [1.82, 2.24) is 5.32 Å². The van der Waals surface area contributed by atoms with Crippen LogP contribution in [0.15, 0.2) is 24.3 Å². The topological polar surface area (TPSA) is 78.9 Å². The van der Waals surface area contributed by atoms with Crippen LogP contribution >= 0.6 is 0 Å². The number of ether oxygens (including phenoxy) is 1. The maximum absolute atomic E-state index is 11.4. The van der Waals surface area contributed by atoms with Gasteiger partial charge in [0.2, 0.25) is 0 Å². The second-order valence-corrected chi connectivity index (χ2v) is 7.69. The van der Waals surface area contributed by atoms with E-state index < -0.39 is 22.0 Å². The molecule has 0 radical (unpaired) electrons. The molecular weight excluding hydrogens is 292 g/mol. The Balaban J connectivity index is 1.64. The Morgan fingerprint density at radius 1 is 1.14 bits per heavy atom. The number of aliphatic hydroxyl groups is 1. The van der Waals surface area contributed by atoms with E-state index in [0.29, 0.717) is 5.75 Å². The molecule has 6 nitrogen and oxygen atoms in total. The molecule has 2 N–H and O–H groups in total. The summed E-state index contributed by atoms with van der Waals surface area (Å²) in [5, 5.41) is 13.0. The van der Waals surface area contributed by atoms with Crippen LogP contribution in [0.3, 0.4) is 0 Å². The van der Waals surface area contributed by atoms with Gasteiger partial charge in [-0.15, -0.1) is 0 Å². The summed E-state index contributed by atoms with van der Waals surface area (Å²) in [6.45, 7) is 3.90. The highest BCUT2D eigenvalue weighted by Crippen LogP contribution is 2.23. The highest BCUT2D eigenvalue weighted by molar-refractivity contribution is 7.91. The average Bonchev–Trinajstić information content (AvgIpc) is 2.73. The van der Waals surface area contributed by atoms with Crippen molar-refractivity contribution in [2.24, 2.45) is 0 Å². The van der Waals surface area contributed by atoms with Crippen molar-refractivity contribution >= 4 is 15.5 Å². The zero-order chi connectivity index (χ0) is 14.9. The summed E-state index contributed by atoms with van der Waals surface area (Å²) in [6, 6.07) is 7.59. The van der Waals surface area contributed by atoms with Gasteiger partial charge in [-0.3, -0.25) is 0 Å². The van der Waals surface area contributed by atoms with E-state index in [1.807, 2.05) is 24.3 Å². The van der Waals surface area contributed by atoms with E-state index in [9.17, 15) is 13.5 Å². The second kappa shape index (κ2) is 5.82. The molecule has 2 atom stereocenters. The largest absolute Gasteiger partial charge is 0.487 e. The maximum atomic E-state index is 11.4. The van der Waals surface area contributed by atoms with Crippen LogP contribution < -0.4 is 15.0 Å². The molecule has 0 saturated carbocycles. The molecule has 2 fully saturated rings. The molecule has 2 heterocycles. The first-order valence-electron chi connectivity index (χ1n) is 7.14. The first-order chi connectivity index (χ1) is 10.0. The number of hydrogen-bond acceptors (Lipinski definition) is 6. The fourth-order valence-corrected chi connectivity index (χ4v) is 4.40. The van der Waals surface area contributed by atoms with Crippen LogP contribution in [-0.4, -0.2) is 63.4 Å². The summed E-state index contributed by atoms with van der Waals surface area (Å²) in [6.07, 6.45) is -1.61. The molecule has 0 spiro atoms. The Morgan fingerprint density at radius 2 is 1.81 bits per heavy atom. The molecule has 0 aromatic heterocycles. The minimum Gasteiger partial charge on any atom is -0.487 e. The molecule has 2 saturated heterocycles. The third-order valence-corrected chi connectivity index (χ3v) is 5.56. The van der Waals surface area contributed by atoms with Gasteiger partial charge in [-0.05, 0) is 24.3 Å². The van der Waals surface area contributed by atoms with Gasteiger partial charge in [0.1, 0.15) is 18.0 Å². The molecule has 0 aliphatic carbocycles. The van der Waals surface area contributed by atoms with Crippen molar-refractivity contribution in [3.8, 4) is 5.75 Å². The van der Waals surface area contributed by atoms with E-state index in [4.69, 9.17) is 4.74 Å². The Bertz CT molecular complexity index is 581. The van der Waals surface area contributed by atoms with Crippen molar-refractivity contribution in [3.63, 3.8) is 0 Å². The van der Waals surface area contributed by atoms with E-state index in [0.717, 1.165) is 31.9 Å². The summed E-state index contributed by atoms with van der Waals surface area (Å²) < 4.78 is 28.5. The van der Waals surface area contributed by atoms with E-state index in [1.54, 1.807) is 0 Å². The molecule has 7 heteroatoms. The van der Waals surface area contributed by atoms with Gasteiger partial charge in [0.25, 0.3) is 0 Å². The Kier molecular flexibility index (Phi) is 4.05. The number of rotatable bonds is 3. The molecule has 1 aromatic carbocycles. The van der Waals surface area contributed by atoms with Gasteiger partial charge < -0.3 is 20.1 Å². The third kappa shape index (κ3) is 3.48. The predicted molar refractivity (Wildman–Crippen MR) is 80.6 cm³/mol. The summed E-state index contributed by atoms with van der Waals surface area (Å²) in [5.74, 6) is 0.263. The minimum absolute atomic E-state index is 0.117. The smallest absolute Gasteiger partial charge is 0.156 e. The lowest BCUT2D eigenvalue weighted by Gasteiger charge is -2.29. The molecule has 2 aliphatic heterocycles. The Hall–Kier alpha value is -1.31. The molecule has 3 rings (SSSR count). The standard InChI is InChI=1S/C14H20N2O4S/c17-13-9-21(18,19)10-14(13)20-12-3-1-11(2-4-12)16-7-5-15-6-8-16/h1-4,13-15,17H,5-10H2. The normalized spacial score (nSPS) is 28.5. The van der Waals surface area contributed by atoms with Crippen molar-refractivity contribution < 1.29 is 18.3 Å². The number of benzene rings is 1. The van der Waals surface area contributed by atoms with Gasteiger partial charge in [0, 0.05) is 31.9 Å². The van der Waals surface area contributed by atoms with Gasteiger partial charge in [0.05, 0.1) is 11.5 Å². The molecule has 0 amide bonds. The molecule has 0 bridgehead atoms. The number of piperazine rings is 1. The maximum Gasteiger partial charge on any atom is 0.156 e. The lowest BCUT2D eigenvalue weighted by molar-refractivity contribution is 0.0738. The Morgan fingerprint density at radius 3 is 2.38 bits per heavy atom. The highest BCUT2D eigenvalue weighted by atomic mass is 32.2. The van der Waals surface area contributed by atoms with E-state index in [1.165, 1.54) is 0 Å². The van der Waals surface area contributed by atoms with Gasteiger partial charge in [0.15, 0.2) is 9.84 Å². The molecule has 2 unspecified atom stereocenters. The monoisotopic (exact) mass is 312 g/mol. The minimum atomic E-state index is -3.18. The van der Waals surface area contributed by atoms with Gasteiger partial charge in [-0.2, -0.15) is 0 Å². The van der Waals surface area contributed by atoms with Crippen LogP contribution in [0.25, 0.3) is 0 Å². The van der Waals surface area contributed by atoms with Crippen molar-refractivity contribution in [3.05, 3.63) is 24.3 Å². The summed E-state index contributed by atoms with van der Waals surface area (Å²) in [5.41, 5.74) is 1.13. The zero-order valence-electron chi connectivity index (χ0n) is 11.7. The first kappa shape index (κ1) is 14.6. The summed E-state index contributed by atoms with van der Waals surface area (Å²) in [4.78, 5) is 2.29. The third-order valence-electron chi connectivity index (χ3n) is 3.88. The molecular formula is C14H20N2O4S. The SMILES string of the molecule is O=S1(=O)CC(O)C(Oc2ccc(N3CCNCC3)cc2)C1. The zero-order valence-corrected chi connectivity index (χ0v) is 12.6. The van der Waals surface area contributed by atoms with E-state index >= 15 is 0 Å². The average molecular weight is 312 g/mol. The van der Waals surface area contributed by atoms with Crippen LogP contribution in [0.4, 0.5) is 5.69 Å². The van der Waals surface area contributed by atoms with Gasteiger partial charge in [-0.1, -0.05) is 0 Å².